The predicted octanol–water partition coefficient (Wildman–Crippen LogP) is 7.80. The summed E-state index contributed by atoms with van der Waals surface area (Å²) in [6.07, 6.45) is 5.07. The second-order valence-corrected chi connectivity index (χ2v) is 9.81. The van der Waals surface area contributed by atoms with Crippen molar-refractivity contribution in [2.75, 3.05) is 7.11 Å². The van der Waals surface area contributed by atoms with Gasteiger partial charge in [0, 0.05) is 27.0 Å². The van der Waals surface area contributed by atoms with Crippen molar-refractivity contribution in [1.29, 1.82) is 0 Å². The Balaban J connectivity index is 1.45. The smallest absolute Gasteiger partial charge is 0.181 e. The number of aliphatic hydroxyl groups excluding tert-OH is 1. The van der Waals surface area contributed by atoms with Gasteiger partial charge >= 0.3 is 0 Å². The molecule has 0 amide bonds. The standard InChI is InChI=1S/C28H25ClINO2/c1-33-28(32)25-8-3-2-6-20(25)12-16-26(30)22-7-4-5-19(17-22)9-14-24-15-11-21-10-13-23(29)18-27(21)31-24/h2-11,13-15,17-18,26,28,32H,12,16H2,1H3/b14-9+/t26-,28?/m0/s1. The van der Waals surface area contributed by atoms with E-state index in [0.717, 1.165) is 46.1 Å². The minimum atomic E-state index is -0.887. The summed E-state index contributed by atoms with van der Waals surface area (Å²) >= 11 is 8.61. The molecule has 0 aliphatic heterocycles. The molecule has 33 heavy (non-hydrogen) atoms. The van der Waals surface area contributed by atoms with Gasteiger partial charge in [-0.1, -0.05) is 101 Å². The number of nitrogens with zero attached hydrogens (tertiary/aromatic N) is 1. The molecule has 3 nitrogen and oxygen atoms in total. The largest absolute Gasteiger partial charge is 0.364 e. The first-order valence-corrected chi connectivity index (χ1v) is 12.4. The van der Waals surface area contributed by atoms with E-state index < -0.39 is 6.29 Å². The average molecular weight is 570 g/mol. The summed E-state index contributed by atoms with van der Waals surface area (Å²) in [5.74, 6) is 0. The number of fused-ring (bicyclic) bond motifs is 1. The van der Waals surface area contributed by atoms with E-state index in [9.17, 15) is 5.11 Å². The van der Waals surface area contributed by atoms with Crippen LogP contribution in [-0.2, 0) is 11.2 Å². The van der Waals surface area contributed by atoms with Crippen molar-refractivity contribution in [2.45, 2.75) is 23.1 Å². The van der Waals surface area contributed by atoms with E-state index >= 15 is 0 Å². The van der Waals surface area contributed by atoms with E-state index in [2.05, 4.69) is 65.1 Å². The topological polar surface area (TPSA) is 42.4 Å². The average Bonchev–Trinajstić information content (AvgIpc) is 2.85. The maximum absolute atomic E-state index is 10.1. The summed E-state index contributed by atoms with van der Waals surface area (Å²) < 4.78 is 5.46. The number of hydrogen-bond donors (Lipinski definition) is 1. The number of aromatic nitrogens is 1. The second kappa shape index (κ2) is 11.3. The molecule has 1 heterocycles. The van der Waals surface area contributed by atoms with Crippen molar-refractivity contribution in [3.63, 3.8) is 0 Å². The molecule has 0 fully saturated rings. The maximum atomic E-state index is 10.1. The summed E-state index contributed by atoms with van der Waals surface area (Å²) in [6.45, 7) is 0. The van der Waals surface area contributed by atoms with Crippen LogP contribution in [0.25, 0.3) is 23.1 Å². The Morgan fingerprint density at radius 3 is 2.67 bits per heavy atom. The van der Waals surface area contributed by atoms with E-state index in [-0.39, 0.29) is 0 Å². The van der Waals surface area contributed by atoms with Crippen LogP contribution in [0.5, 0.6) is 0 Å². The number of halogens is 2. The van der Waals surface area contributed by atoms with Gasteiger partial charge in [0.25, 0.3) is 0 Å². The van der Waals surface area contributed by atoms with Crippen LogP contribution in [0.15, 0.2) is 78.9 Å². The maximum Gasteiger partial charge on any atom is 0.181 e. The molecule has 4 rings (SSSR count). The molecule has 0 radical (unpaired) electrons. The SMILES string of the molecule is COC(O)c1ccccc1CC[C@H](I)c1cccc(/C=C/c2ccc3ccc(Cl)cc3n2)c1. The minimum absolute atomic E-state index is 0.352. The molecular weight excluding hydrogens is 545 g/mol. The van der Waals surface area contributed by atoms with Gasteiger partial charge < -0.3 is 9.84 Å². The highest BCUT2D eigenvalue weighted by Crippen LogP contribution is 2.31. The van der Waals surface area contributed by atoms with Crippen molar-refractivity contribution in [3.8, 4) is 0 Å². The van der Waals surface area contributed by atoms with Gasteiger partial charge in [0.1, 0.15) is 0 Å². The molecule has 1 aromatic heterocycles. The molecule has 1 unspecified atom stereocenters. The number of methoxy groups -OCH3 is 1. The monoisotopic (exact) mass is 569 g/mol. The number of ether oxygens (including phenoxy) is 1. The van der Waals surface area contributed by atoms with Gasteiger partial charge in [0.15, 0.2) is 6.29 Å². The number of alkyl halides is 1. The van der Waals surface area contributed by atoms with Gasteiger partial charge in [0.05, 0.1) is 11.2 Å². The lowest BCUT2D eigenvalue weighted by Crippen LogP contribution is -2.04. The highest BCUT2D eigenvalue weighted by atomic mass is 127. The first kappa shape index (κ1) is 23.9. The molecule has 168 valence electrons. The van der Waals surface area contributed by atoms with E-state index in [1.165, 1.54) is 12.7 Å². The van der Waals surface area contributed by atoms with E-state index in [0.29, 0.717) is 8.95 Å². The molecule has 4 aromatic rings. The van der Waals surface area contributed by atoms with Crippen LogP contribution in [0.3, 0.4) is 0 Å². The van der Waals surface area contributed by atoms with Crippen LogP contribution in [-0.4, -0.2) is 17.2 Å². The third kappa shape index (κ3) is 6.21. The zero-order chi connectivity index (χ0) is 23.2. The fourth-order valence-corrected chi connectivity index (χ4v) is 4.68. The van der Waals surface area contributed by atoms with Crippen molar-refractivity contribution in [2.24, 2.45) is 0 Å². The fourth-order valence-electron chi connectivity index (χ4n) is 3.82. The minimum Gasteiger partial charge on any atom is -0.364 e. The number of rotatable bonds is 8. The summed E-state index contributed by atoms with van der Waals surface area (Å²) in [6, 6.07) is 26.3. The van der Waals surface area contributed by atoms with E-state index in [1.54, 1.807) is 0 Å². The number of aryl methyl sites for hydroxylation is 1. The quantitative estimate of drug-likeness (QED) is 0.134. The van der Waals surface area contributed by atoms with Gasteiger partial charge in [-0.3, -0.25) is 0 Å². The Hall–Kier alpha value is -2.25. The van der Waals surface area contributed by atoms with Crippen LogP contribution >= 0.6 is 34.2 Å². The van der Waals surface area contributed by atoms with Gasteiger partial charge in [0.2, 0.25) is 0 Å². The Morgan fingerprint density at radius 2 is 1.82 bits per heavy atom. The first-order valence-electron chi connectivity index (χ1n) is 10.8. The summed E-state index contributed by atoms with van der Waals surface area (Å²) in [5.41, 5.74) is 6.16. The van der Waals surface area contributed by atoms with Crippen LogP contribution in [0.2, 0.25) is 5.02 Å². The lowest BCUT2D eigenvalue weighted by Gasteiger charge is -2.16. The Bertz CT molecular complexity index is 1270. The highest BCUT2D eigenvalue weighted by Gasteiger charge is 2.13. The van der Waals surface area contributed by atoms with Crippen LogP contribution in [0.4, 0.5) is 0 Å². The second-order valence-electron chi connectivity index (χ2n) is 7.87. The molecule has 3 aromatic carbocycles. The van der Waals surface area contributed by atoms with Crippen LogP contribution in [0, 0.1) is 0 Å². The van der Waals surface area contributed by atoms with Crippen molar-refractivity contribution in [3.05, 3.63) is 112 Å². The van der Waals surface area contributed by atoms with E-state index in [4.69, 9.17) is 21.3 Å². The molecule has 0 aliphatic rings. The Kier molecular flexibility index (Phi) is 8.15. The third-order valence-electron chi connectivity index (χ3n) is 5.61. The molecule has 1 N–H and O–H groups in total. The van der Waals surface area contributed by atoms with Gasteiger partial charge in [-0.05, 0) is 53.8 Å². The van der Waals surface area contributed by atoms with Crippen molar-refractivity contribution in [1.82, 2.24) is 4.98 Å². The zero-order valence-corrected chi connectivity index (χ0v) is 21.2. The van der Waals surface area contributed by atoms with E-state index in [1.807, 2.05) is 48.5 Å². The van der Waals surface area contributed by atoms with Gasteiger partial charge in [-0.15, -0.1) is 0 Å². The zero-order valence-electron chi connectivity index (χ0n) is 18.3. The lowest BCUT2D eigenvalue weighted by atomic mass is 9.98. The lowest BCUT2D eigenvalue weighted by molar-refractivity contribution is -0.0774. The number of pyridine rings is 1. The molecule has 0 saturated carbocycles. The summed E-state index contributed by atoms with van der Waals surface area (Å²) in [5, 5.41) is 11.9. The molecule has 2 atom stereocenters. The molecule has 0 aliphatic carbocycles. The van der Waals surface area contributed by atoms with Crippen LogP contribution < -0.4 is 0 Å². The highest BCUT2D eigenvalue weighted by molar-refractivity contribution is 14.1. The molecule has 5 heteroatoms. The number of aliphatic hydroxyl groups is 1. The predicted molar refractivity (Wildman–Crippen MR) is 146 cm³/mol. The molecular formula is C28H25ClINO2. The fraction of sp³-hybridized carbons (Fsp3) is 0.179. The van der Waals surface area contributed by atoms with Crippen LogP contribution in [0.1, 0.15) is 44.6 Å². The van der Waals surface area contributed by atoms with Gasteiger partial charge in [-0.2, -0.15) is 0 Å². The Morgan fingerprint density at radius 1 is 1.00 bits per heavy atom. The number of benzene rings is 3. The third-order valence-corrected chi connectivity index (χ3v) is 7.18. The first-order chi connectivity index (χ1) is 16.0. The Labute approximate surface area is 213 Å². The normalized spacial score (nSPS) is 13.5. The van der Waals surface area contributed by atoms with Crippen molar-refractivity contribution < 1.29 is 9.84 Å². The molecule has 0 spiro atoms. The van der Waals surface area contributed by atoms with Crippen molar-refractivity contribution >= 4 is 57.2 Å². The molecule has 0 saturated heterocycles. The number of hydrogen-bond acceptors (Lipinski definition) is 3. The summed E-state index contributed by atoms with van der Waals surface area (Å²) in [4.78, 5) is 4.70. The summed E-state index contributed by atoms with van der Waals surface area (Å²) in [7, 11) is 1.52. The van der Waals surface area contributed by atoms with Gasteiger partial charge in [-0.25, -0.2) is 4.98 Å². The molecule has 0 bridgehead atoms.